The zero-order valence-corrected chi connectivity index (χ0v) is 12.3. The fourth-order valence-electron chi connectivity index (χ4n) is 1.53. The summed E-state index contributed by atoms with van der Waals surface area (Å²) in [6.45, 7) is 0.0103. The third-order valence-corrected chi connectivity index (χ3v) is 3.62. The number of hydrogen-bond donors (Lipinski definition) is 0. The van der Waals surface area contributed by atoms with E-state index in [9.17, 15) is 14.5 Å². The Bertz CT molecular complexity index is 666. The number of benzene rings is 2. The molecule has 0 radical (unpaired) electrons. The first-order valence-corrected chi connectivity index (χ1v) is 6.66. The molecule has 2 aromatic carbocycles. The van der Waals surface area contributed by atoms with Gasteiger partial charge in [-0.2, -0.15) is 0 Å². The summed E-state index contributed by atoms with van der Waals surface area (Å²) in [7, 11) is 0. The van der Waals surface area contributed by atoms with Crippen molar-refractivity contribution in [1.29, 1.82) is 0 Å². The molecule has 7 heteroatoms. The van der Waals surface area contributed by atoms with E-state index in [1.807, 2.05) is 0 Å². The molecule has 0 N–H and O–H groups in total. The lowest BCUT2D eigenvalue weighted by molar-refractivity contribution is -0.385. The molecule has 20 heavy (non-hydrogen) atoms. The molecule has 0 heterocycles. The predicted octanol–water partition coefficient (Wildman–Crippen LogP) is 4.73. The maximum Gasteiger partial charge on any atom is 0.273 e. The van der Waals surface area contributed by atoms with Crippen LogP contribution in [-0.4, -0.2) is 4.92 Å². The van der Waals surface area contributed by atoms with Gasteiger partial charge in [0, 0.05) is 11.6 Å². The van der Waals surface area contributed by atoms with Gasteiger partial charge in [-0.1, -0.05) is 23.7 Å². The topological polar surface area (TPSA) is 52.4 Å². The molecule has 104 valence electrons. The number of nitrogens with zero attached hydrogens (tertiary/aromatic N) is 1. The SMILES string of the molecule is O=[N+]([O-])c1ccc(Br)c(OCc2cccc(F)c2Cl)c1. The molecule has 0 aliphatic rings. The van der Waals surface area contributed by atoms with Crippen molar-refractivity contribution < 1.29 is 14.1 Å². The molecule has 4 nitrogen and oxygen atoms in total. The second kappa shape index (κ2) is 6.19. The summed E-state index contributed by atoms with van der Waals surface area (Å²) in [6.07, 6.45) is 0. The minimum absolute atomic E-state index is 0.0103. The average Bonchev–Trinajstić information content (AvgIpc) is 2.41. The van der Waals surface area contributed by atoms with Crippen molar-refractivity contribution >= 4 is 33.2 Å². The van der Waals surface area contributed by atoms with Crippen LogP contribution in [0, 0.1) is 15.9 Å². The van der Waals surface area contributed by atoms with Crippen LogP contribution in [0.5, 0.6) is 5.75 Å². The number of ether oxygens (including phenoxy) is 1. The van der Waals surface area contributed by atoms with Crippen molar-refractivity contribution in [1.82, 2.24) is 0 Å². The number of halogens is 3. The minimum atomic E-state index is -0.536. The van der Waals surface area contributed by atoms with E-state index in [1.54, 1.807) is 6.07 Å². The summed E-state index contributed by atoms with van der Waals surface area (Å²) in [6, 6.07) is 8.54. The van der Waals surface area contributed by atoms with Gasteiger partial charge in [-0.25, -0.2) is 4.39 Å². The van der Waals surface area contributed by atoms with Gasteiger partial charge in [-0.3, -0.25) is 10.1 Å². The Balaban J connectivity index is 2.20. The van der Waals surface area contributed by atoms with E-state index in [1.165, 1.54) is 30.3 Å². The van der Waals surface area contributed by atoms with Gasteiger partial charge in [0.1, 0.15) is 18.2 Å². The van der Waals surface area contributed by atoms with Crippen molar-refractivity contribution in [3.05, 3.63) is 67.4 Å². The van der Waals surface area contributed by atoms with Crippen LogP contribution in [0.15, 0.2) is 40.9 Å². The van der Waals surface area contributed by atoms with Crippen LogP contribution in [0.3, 0.4) is 0 Å². The standard InChI is InChI=1S/C13H8BrClFNO3/c14-10-5-4-9(17(18)19)6-12(10)20-7-8-2-1-3-11(16)13(8)15/h1-6H,7H2. The Morgan fingerprint density at radius 2 is 2.10 bits per heavy atom. The summed E-state index contributed by atoms with van der Waals surface area (Å²) in [5, 5.41) is 10.7. The van der Waals surface area contributed by atoms with E-state index >= 15 is 0 Å². The Hall–Kier alpha value is -1.66. The van der Waals surface area contributed by atoms with E-state index in [2.05, 4.69) is 15.9 Å². The average molecular weight is 361 g/mol. The van der Waals surface area contributed by atoms with Gasteiger partial charge < -0.3 is 4.74 Å². The summed E-state index contributed by atoms with van der Waals surface area (Å²) >= 11 is 9.04. The Kier molecular flexibility index (Phi) is 4.57. The lowest BCUT2D eigenvalue weighted by atomic mass is 10.2. The second-order valence-electron chi connectivity index (χ2n) is 3.87. The van der Waals surface area contributed by atoms with Gasteiger partial charge in [0.25, 0.3) is 5.69 Å². The van der Waals surface area contributed by atoms with Gasteiger partial charge in [0.15, 0.2) is 0 Å². The minimum Gasteiger partial charge on any atom is -0.487 e. The lowest BCUT2D eigenvalue weighted by Gasteiger charge is -2.09. The van der Waals surface area contributed by atoms with Crippen molar-refractivity contribution in [2.75, 3.05) is 0 Å². The lowest BCUT2D eigenvalue weighted by Crippen LogP contribution is -1.99. The van der Waals surface area contributed by atoms with Crippen LogP contribution in [0.4, 0.5) is 10.1 Å². The highest BCUT2D eigenvalue weighted by atomic mass is 79.9. The smallest absolute Gasteiger partial charge is 0.273 e. The first-order valence-electron chi connectivity index (χ1n) is 5.48. The summed E-state index contributed by atoms with van der Waals surface area (Å²) < 4.78 is 19.3. The number of hydrogen-bond acceptors (Lipinski definition) is 3. The Morgan fingerprint density at radius 3 is 2.80 bits per heavy atom. The molecule has 0 fully saturated rings. The molecular formula is C13H8BrClFNO3. The molecule has 0 unspecified atom stereocenters. The van der Waals surface area contributed by atoms with Crippen molar-refractivity contribution in [3.63, 3.8) is 0 Å². The fourth-order valence-corrected chi connectivity index (χ4v) is 2.07. The number of non-ortho nitro benzene ring substituents is 1. The van der Waals surface area contributed by atoms with E-state index < -0.39 is 10.7 Å². The molecule has 0 bridgehead atoms. The van der Waals surface area contributed by atoms with Crippen LogP contribution < -0.4 is 4.74 Å². The van der Waals surface area contributed by atoms with Crippen molar-refractivity contribution in [2.45, 2.75) is 6.61 Å². The van der Waals surface area contributed by atoms with Crippen LogP contribution in [-0.2, 0) is 6.61 Å². The fraction of sp³-hybridized carbons (Fsp3) is 0.0769. The van der Waals surface area contributed by atoms with Crippen molar-refractivity contribution in [3.8, 4) is 5.75 Å². The predicted molar refractivity (Wildman–Crippen MR) is 76.5 cm³/mol. The van der Waals surface area contributed by atoms with Gasteiger partial charge in [-0.05, 0) is 28.1 Å². The molecule has 2 rings (SSSR count). The molecule has 0 saturated heterocycles. The normalized spacial score (nSPS) is 10.3. The second-order valence-corrected chi connectivity index (χ2v) is 5.11. The molecule has 0 atom stereocenters. The van der Waals surface area contributed by atoms with Gasteiger partial charge in [-0.15, -0.1) is 0 Å². The van der Waals surface area contributed by atoms with E-state index in [4.69, 9.17) is 16.3 Å². The third-order valence-electron chi connectivity index (χ3n) is 2.54. The van der Waals surface area contributed by atoms with Gasteiger partial charge in [0.05, 0.1) is 20.5 Å². The summed E-state index contributed by atoms with van der Waals surface area (Å²) in [5.41, 5.74) is 0.374. The molecule has 2 aromatic rings. The van der Waals surface area contributed by atoms with E-state index in [-0.39, 0.29) is 17.3 Å². The van der Waals surface area contributed by atoms with Crippen LogP contribution in [0.25, 0.3) is 0 Å². The molecule has 0 aliphatic carbocycles. The number of nitro groups is 1. The van der Waals surface area contributed by atoms with E-state index in [0.29, 0.717) is 15.8 Å². The first-order chi connectivity index (χ1) is 9.49. The number of rotatable bonds is 4. The highest BCUT2D eigenvalue weighted by Gasteiger charge is 2.12. The van der Waals surface area contributed by atoms with E-state index in [0.717, 1.165) is 0 Å². The maximum absolute atomic E-state index is 13.3. The summed E-state index contributed by atoms with van der Waals surface area (Å²) in [4.78, 5) is 10.2. The first kappa shape index (κ1) is 14.7. The zero-order chi connectivity index (χ0) is 14.7. The Morgan fingerprint density at radius 1 is 1.35 bits per heavy atom. The Labute approximate surface area is 127 Å². The van der Waals surface area contributed by atoms with Crippen LogP contribution >= 0.6 is 27.5 Å². The van der Waals surface area contributed by atoms with Gasteiger partial charge >= 0.3 is 0 Å². The molecule has 0 spiro atoms. The third kappa shape index (κ3) is 3.26. The molecule has 0 aromatic heterocycles. The van der Waals surface area contributed by atoms with Crippen molar-refractivity contribution in [2.24, 2.45) is 0 Å². The van der Waals surface area contributed by atoms with Crippen LogP contribution in [0.2, 0.25) is 5.02 Å². The molecule has 0 amide bonds. The highest BCUT2D eigenvalue weighted by Crippen LogP contribution is 2.30. The van der Waals surface area contributed by atoms with Crippen LogP contribution in [0.1, 0.15) is 5.56 Å². The molecule has 0 saturated carbocycles. The zero-order valence-electron chi connectivity index (χ0n) is 9.98. The molecular weight excluding hydrogens is 353 g/mol. The quantitative estimate of drug-likeness (QED) is 0.585. The van der Waals surface area contributed by atoms with Gasteiger partial charge in [0.2, 0.25) is 0 Å². The summed E-state index contributed by atoms with van der Waals surface area (Å²) in [5.74, 6) is -0.245. The molecule has 0 aliphatic heterocycles. The largest absolute Gasteiger partial charge is 0.487 e. The monoisotopic (exact) mass is 359 g/mol. The maximum atomic E-state index is 13.3. The number of nitro benzene ring substituents is 1. The highest BCUT2D eigenvalue weighted by molar-refractivity contribution is 9.10.